The number of allylic oxidation sites excluding steroid dienone is 4. The monoisotopic (exact) mass is 394 g/mol. The molecule has 3 heterocycles. The zero-order valence-corrected chi connectivity index (χ0v) is 18.6. The van der Waals surface area contributed by atoms with E-state index in [4.69, 9.17) is 0 Å². The second-order valence-electron chi connectivity index (χ2n) is 10.9. The van der Waals surface area contributed by atoms with Gasteiger partial charge in [0, 0.05) is 34.0 Å². The zero-order valence-electron chi connectivity index (χ0n) is 18.6. The molecule has 0 aromatic heterocycles. The van der Waals surface area contributed by atoms with Gasteiger partial charge in [0.2, 0.25) is 0 Å². The fourth-order valence-corrected chi connectivity index (χ4v) is 6.16. The van der Waals surface area contributed by atoms with Crippen LogP contribution in [0.15, 0.2) is 71.5 Å². The van der Waals surface area contributed by atoms with E-state index < -0.39 is 0 Å². The maximum absolute atomic E-state index is 4.02. The molecule has 0 fully saturated rings. The highest BCUT2D eigenvalue weighted by atomic mass is 15.0. The Hall–Kier alpha value is -2.74. The lowest BCUT2D eigenvalue weighted by Crippen LogP contribution is -2.49. The van der Waals surface area contributed by atoms with Gasteiger partial charge in [-0.1, -0.05) is 70.2 Å². The van der Waals surface area contributed by atoms with Crippen molar-refractivity contribution in [2.75, 3.05) is 5.32 Å². The van der Waals surface area contributed by atoms with Gasteiger partial charge in [0.15, 0.2) is 0 Å². The molecule has 0 radical (unpaired) electrons. The lowest BCUT2D eigenvalue weighted by molar-refractivity contribution is 0.312. The molecular formula is C28H30N2. The molecule has 0 amide bonds. The van der Waals surface area contributed by atoms with Crippen molar-refractivity contribution in [2.24, 2.45) is 10.8 Å². The van der Waals surface area contributed by atoms with Gasteiger partial charge in [0.05, 0.1) is 11.4 Å². The normalized spacial score (nSPS) is 28.4. The third-order valence-corrected chi connectivity index (χ3v) is 7.48. The molecular weight excluding hydrogens is 364 g/mol. The smallest absolute Gasteiger partial charge is 0.0665 e. The first-order valence-electron chi connectivity index (χ1n) is 11.2. The average molecular weight is 395 g/mol. The molecule has 3 unspecified atom stereocenters. The average Bonchev–Trinajstić information content (AvgIpc) is 2.80. The van der Waals surface area contributed by atoms with Crippen LogP contribution >= 0.6 is 0 Å². The van der Waals surface area contributed by atoms with E-state index in [1.807, 2.05) is 0 Å². The van der Waals surface area contributed by atoms with Crippen molar-refractivity contribution in [1.82, 2.24) is 5.32 Å². The maximum atomic E-state index is 4.02. The van der Waals surface area contributed by atoms with Gasteiger partial charge >= 0.3 is 0 Å². The number of hydrogen-bond donors (Lipinski definition) is 2. The molecule has 2 aromatic rings. The predicted octanol–water partition coefficient (Wildman–Crippen LogP) is 6.89. The van der Waals surface area contributed by atoms with Gasteiger partial charge in [0.25, 0.3) is 0 Å². The van der Waals surface area contributed by atoms with Crippen molar-refractivity contribution in [2.45, 2.75) is 53.0 Å². The summed E-state index contributed by atoms with van der Waals surface area (Å²) in [4.78, 5) is 0. The third-order valence-electron chi connectivity index (χ3n) is 7.48. The Balaban J connectivity index is 1.65. The quantitative estimate of drug-likeness (QED) is 0.550. The molecule has 2 bridgehead atoms. The molecule has 152 valence electrons. The molecule has 4 aliphatic rings. The van der Waals surface area contributed by atoms with Crippen LogP contribution < -0.4 is 10.6 Å². The molecule has 1 aliphatic carbocycles. The van der Waals surface area contributed by atoms with Gasteiger partial charge in [-0.3, -0.25) is 0 Å². The van der Waals surface area contributed by atoms with E-state index in [0.29, 0.717) is 12.0 Å². The number of rotatable bonds is 1. The minimum Gasteiger partial charge on any atom is -0.378 e. The summed E-state index contributed by atoms with van der Waals surface area (Å²) < 4.78 is 0. The number of hydrogen-bond acceptors (Lipinski definition) is 2. The first-order chi connectivity index (χ1) is 14.3. The lowest BCUT2D eigenvalue weighted by Gasteiger charge is -2.46. The van der Waals surface area contributed by atoms with Crippen LogP contribution in [0.25, 0.3) is 16.5 Å². The van der Waals surface area contributed by atoms with Crippen LogP contribution in [0, 0.1) is 10.8 Å². The number of fused-ring (bicyclic) bond motifs is 3. The van der Waals surface area contributed by atoms with Crippen LogP contribution in [-0.4, -0.2) is 6.04 Å². The highest BCUT2D eigenvalue weighted by Crippen LogP contribution is 2.54. The highest BCUT2D eigenvalue weighted by molar-refractivity contribution is 6.08. The van der Waals surface area contributed by atoms with Crippen molar-refractivity contribution >= 4 is 22.2 Å². The minimum atomic E-state index is -0.0490. The first kappa shape index (κ1) is 18.1. The van der Waals surface area contributed by atoms with Crippen LogP contribution in [0.2, 0.25) is 0 Å². The Morgan fingerprint density at radius 1 is 1.10 bits per heavy atom. The molecule has 30 heavy (non-hydrogen) atoms. The number of anilines is 1. The first-order valence-corrected chi connectivity index (χ1v) is 11.2. The van der Waals surface area contributed by atoms with E-state index in [1.54, 1.807) is 0 Å². The Labute approximate surface area is 179 Å². The van der Waals surface area contributed by atoms with Crippen molar-refractivity contribution in [3.63, 3.8) is 0 Å². The Kier molecular flexibility index (Phi) is 3.43. The summed E-state index contributed by atoms with van der Waals surface area (Å²) in [5, 5.41) is 10.5. The van der Waals surface area contributed by atoms with E-state index in [9.17, 15) is 0 Å². The Bertz CT molecular complexity index is 1230. The second-order valence-corrected chi connectivity index (χ2v) is 10.9. The van der Waals surface area contributed by atoms with E-state index in [2.05, 4.69) is 99.9 Å². The SMILES string of the molecule is CC1c2ccc3cccc4c3c2C2=C(C=C3C(CC(C)(C)C)=CC=CC3(C)C1N2)N4. The van der Waals surface area contributed by atoms with Crippen molar-refractivity contribution in [3.8, 4) is 0 Å². The molecule has 0 spiro atoms. The number of nitrogens with one attached hydrogen (secondary N) is 2. The van der Waals surface area contributed by atoms with Crippen molar-refractivity contribution in [3.05, 3.63) is 82.6 Å². The summed E-state index contributed by atoms with van der Waals surface area (Å²) in [5.41, 5.74) is 9.74. The standard InChI is InChI=1S/C28H30N2/c1-16-19-12-11-17-8-6-10-21-23(17)24(19)25-22(29-21)14-20-18(15-27(2,3)4)9-7-13-28(20,5)26(16)30-25/h6-14,16,26,29-30H,15H2,1-5H3. The van der Waals surface area contributed by atoms with Crippen LogP contribution in [0.4, 0.5) is 5.69 Å². The van der Waals surface area contributed by atoms with E-state index in [1.165, 1.54) is 50.1 Å². The predicted molar refractivity (Wildman–Crippen MR) is 127 cm³/mol. The fraction of sp³-hybridized carbons (Fsp3) is 0.357. The number of benzene rings is 2. The van der Waals surface area contributed by atoms with Crippen LogP contribution in [-0.2, 0) is 0 Å². The summed E-state index contributed by atoms with van der Waals surface area (Å²) in [6.07, 6.45) is 10.6. The molecule has 0 saturated carbocycles. The minimum absolute atomic E-state index is 0.0490. The van der Waals surface area contributed by atoms with Crippen LogP contribution in [0.1, 0.15) is 58.1 Å². The van der Waals surface area contributed by atoms with Gasteiger partial charge in [-0.15, -0.1) is 0 Å². The van der Waals surface area contributed by atoms with E-state index in [-0.39, 0.29) is 10.8 Å². The Morgan fingerprint density at radius 3 is 2.73 bits per heavy atom. The summed E-state index contributed by atoms with van der Waals surface area (Å²) in [6, 6.07) is 11.6. The fourth-order valence-electron chi connectivity index (χ4n) is 6.16. The van der Waals surface area contributed by atoms with Crippen molar-refractivity contribution < 1.29 is 0 Å². The Morgan fingerprint density at radius 2 is 1.93 bits per heavy atom. The van der Waals surface area contributed by atoms with Crippen LogP contribution in [0.5, 0.6) is 0 Å². The molecule has 3 aliphatic heterocycles. The lowest BCUT2D eigenvalue weighted by atomic mass is 9.63. The second kappa shape index (κ2) is 5.69. The summed E-state index contributed by atoms with van der Waals surface area (Å²) in [6.45, 7) is 11.8. The summed E-state index contributed by atoms with van der Waals surface area (Å²) in [5.74, 6) is 0.422. The molecule has 2 aromatic carbocycles. The molecule has 0 saturated heterocycles. The molecule has 2 heteroatoms. The van der Waals surface area contributed by atoms with Gasteiger partial charge in [-0.05, 0) is 53.0 Å². The zero-order chi connectivity index (χ0) is 20.8. The van der Waals surface area contributed by atoms with Crippen molar-refractivity contribution in [1.29, 1.82) is 0 Å². The van der Waals surface area contributed by atoms with Gasteiger partial charge in [-0.2, -0.15) is 0 Å². The van der Waals surface area contributed by atoms with Gasteiger partial charge < -0.3 is 10.6 Å². The molecule has 2 nitrogen and oxygen atoms in total. The molecule has 6 rings (SSSR count). The third kappa shape index (κ3) is 2.31. The van der Waals surface area contributed by atoms with Gasteiger partial charge in [0.1, 0.15) is 0 Å². The molecule has 2 N–H and O–H groups in total. The topological polar surface area (TPSA) is 24.1 Å². The molecule has 3 atom stereocenters. The maximum Gasteiger partial charge on any atom is 0.0665 e. The highest BCUT2D eigenvalue weighted by Gasteiger charge is 2.47. The summed E-state index contributed by atoms with van der Waals surface area (Å²) >= 11 is 0. The van der Waals surface area contributed by atoms with Gasteiger partial charge in [-0.25, -0.2) is 0 Å². The van der Waals surface area contributed by atoms with E-state index >= 15 is 0 Å². The van der Waals surface area contributed by atoms with Crippen LogP contribution in [0.3, 0.4) is 0 Å². The van der Waals surface area contributed by atoms with E-state index in [0.717, 1.165) is 6.42 Å². The largest absolute Gasteiger partial charge is 0.378 e. The summed E-state index contributed by atoms with van der Waals surface area (Å²) in [7, 11) is 0.